The zero-order valence-corrected chi connectivity index (χ0v) is 18.0. The second-order valence-corrected chi connectivity index (χ2v) is 8.09. The summed E-state index contributed by atoms with van der Waals surface area (Å²) in [4.78, 5) is 39.0. The number of alkyl halides is 3. The van der Waals surface area contributed by atoms with Crippen LogP contribution in [0.4, 0.5) is 26.3 Å². The molecule has 34 heavy (non-hydrogen) atoms. The van der Waals surface area contributed by atoms with Crippen LogP contribution in [0.15, 0.2) is 18.3 Å². The van der Waals surface area contributed by atoms with Crippen molar-refractivity contribution in [1.29, 1.82) is 0 Å². The summed E-state index contributed by atoms with van der Waals surface area (Å²) < 4.78 is 88.5. The number of benzene rings is 1. The normalized spacial score (nSPS) is 14.5. The zero-order chi connectivity index (χ0) is 25.1. The Morgan fingerprint density at radius 2 is 1.68 bits per heavy atom. The van der Waals surface area contributed by atoms with Crippen LogP contribution in [0.2, 0.25) is 0 Å². The topological polar surface area (TPSA) is 173 Å². The number of rotatable bonds is 4. The lowest BCUT2D eigenvalue weighted by Crippen LogP contribution is -2.42. The third-order valence-corrected chi connectivity index (χ3v) is 4.52. The summed E-state index contributed by atoms with van der Waals surface area (Å²) >= 11 is 0. The Morgan fingerprint density at radius 3 is 2.24 bits per heavy atom. The quantitative estimate of drug-likeness (QED) is 0.262. The predicted octanol–water partition coefficient (Wildman–Crippen LogP) is 0.868. The lowest BCUT2D eigenvalue weighted by Gasteiger charge is -2.29. The van der Waals surface area contributed by atoms with E-state index in [0.717, 1.165) is 10.8 Å². The maximum atomic E-state index is 13.7. The molecule has 2 heterocycles. The molecule has 0 fully saturated rings. The lowest BCUT2D eigenvalue weighted by molar-refractivity contribution is -0.144. The maximum Gasteiger partial charge on any atom is 0.466 e. The summed E-state index contributed by atoms with van der Waals surface area (Å²) in [5, 5.41) is 0. The summed E-state index contributed by atoms with van der Waals surface area (Å²) in [5.74, 6) is -3.86. The van der Waals surface area contributed by atoms with Crippen molar-refractivity contribution < 1.29 is 55.9 Å². The van der Waals surface area contributed by atoms with Gasteiger partial charge in [0.15, 0.2) is 11.6 Å². The van der Waals surface area contributed by atoms with Crippen LogP contribution in [0, 0.1) is 17.5 Å². The van der Waals surface area contributed by atoms with Crippen molar-refractivity contribution in [3.8, 4) is 0 Å². The first-order valence-electron chi connectivity index (χ1n) is 9.13. The SMILES string of the molecule is N[C@@H](CC(=O)N1CCn2c(C(F)(F)F)cnc2C1)Cc1cc(F)c(F)cc1F.O.O=P(O)(O)O. The molecule has 1 aliphatic rings. The van der Waals surface area contributed by atoms with Gasteiger partial charge in [-0.2, -0.15) is 13.2 Å². The smallest absolute Gasteiger partial charge is 0.412 e. The van der Waals surface area contributed by atoms with E-state index >= 15 is 0 Å². The first kappa shape index (κ1) is 29.5. The third kappa shape index (κ3) is 8.38. The first-order chi connectivity index (χ1) is 15.1. The number of carbonyl (C=O) groups excluding carboxylic acids is 1. The molecule has 10 nitrogen and oxygen atoms in total. The number of nitrogens with two attached hydrogens (primary N) is 1. The molecule has 0 saturated heterocycles. The van der Waals surface area contributed by atoms with Crippen molar-refractivity contribution >= 4 is 13.7 Å². The Hall–Kier alpha value is -2.49. The van der Waals surface area contributed by atoms with Crippen LogP contribution in [0.1, 0.15) is 23.5 Å². The summed E-state index contributed by atoms with van der Waals surface area (Å²) in [6.07, 6.45) is -4.24. The van der Waals surface area contributed by atoms with E-state index in [1.54, 1.807) is 0 Å². The predicted molar refractivity (Wildman–Crippen MR) is 103 cm³/mol. The minimum Gasteiger partial charge on any atom is -0.412 e. The second kappa shape index (κ2) is 11.3. The van der Waals surface area contributed by atoms with E-state index in [2.05, 4.69) is 4.98 Å². The van der Waals surface area contributed by atoms with Crippen LogP contribution < -0.4 is 5.73 Å². The number of nitrogens with zero attached hydrogens (tertiary/aromatic N) is 3. The highest BCUT2D eigenvalue weighted by molar-refractivity contribution is 7.45. The number of amides is 1. The zero-order valence-electron chi connectivity index (χ0n) is 17.1. The van der Waals surface area contributed by atoms with Crippen LogP contribution in [-0.4, -0.2) is 53.1 Å². The molecule has 1 atom stereocenters. The van der Waals surface area contributed by atoms with Crippen LogP contribution in [0.5, 0.6) is 0 Å². The van der Waals surface area contributed by atoms with Gasteiger partial charge in [-0.25, -0.2) is 22.7 Å². The Balaban J connectivity index is 0.000000873. The summed E-state index contributed by atoms with van der Waals surface area (Å²) in [6, 6.07) is 0.215. The molecule has 0 radical (unpaired) electrons. The van der Waals surface area contributed by atoms with Gasteiger partial charge in [-0.1, -0.05) is 0 Å². The van der Waals surface area contributed by atoms with E-state index in [1.807, 2.05) is 0 Å². The van der Waals surface area contributed by atoms with Crippen LogP contribution in [-0.2, 0) is 35.0 Å². The number of hydrogen-bond acceptors (Lipinski definition) is 4. The molecule has 0 unspecified atom stereocenters. The molecule has 0 spiro atoms. The highest BCUT2D eigenvalue weighted by Gasteiger charge is 2.37. The monoisotopic (exact) mass is 522 g/mol. The molecule has 7 N–H and O–H groups in total. The molecular weight excluding hydrogens is 501 g/mol. The molecule has 0 bridgehead atoms. The fourth-order valence-electron chi connectivity index (χ4n) is 3.13. The largest absolute Gasteiger partial charge is 0.466 e. The van der Waals surface area contributed by atoms with E-state index < -0.39 is 49.1 Å². The molecule has 0 saturated carbocycles. The highest BCUT2D eigenvalue weighted by Crippen LogP contribution is 2.31. The van der Waals surface area contributed by atoms with Crippen molar-refractivity contribution in [3.05, 3.63) is 52.9 Å². The lowest BCUT2D eigenvalue weighted by atomic mass is 10.0. The van der Waals surface area contributed by atoms with Gasteiger partial charge in [-0.15, -0.1) is 0 Å². The number of carbonyl (C=O) groups is 1. The van der Waals surface area contributed by atoms with Crippen LogP contribution in [0.3, 0.4) is 0 Å². The summed E-state index contributed by atoms with van der Waals surface area (Å²) in [5.41, 5.74) is 4.79. The van der Waals surface area contributed by atoms with Crippen molar-refractivity contribution in [3.63, 3.8) is 0 Å². The van der Waals surface area contributed by atoms with E-state index in [9.17, 15) is 31.1 Å². The summed E-state index contributed by atoms with van der Waals surface area (Å²) in [7, 11) is -4.64. The minimum absolute atomic E-state index is 0. The van der Waals surface area contributed by atoms with Crippen molar-refractivity contribution in [2.75, 3.05) is 6.54 Å². The van der Waals surface area contributed by atoms with Crippen molar-refractivity contribution in [2.24, 2.45) is 5.73 Å². The van der Waals surface area contributed by atoms with E-state index in [4.69, 9.17) is 25.0 Å². The van der Waals surface area contributed by atoms with Gasteiger partial charge >= 0.3 is 14.0 Å². The molecule has 2 aromatic rings. The molecule has 0 aliphatic carbocycles. The van der Waals surface area contributed by atoms with Gasteiger partial charge in [-0.3, -0.25) is 4.79 Å². The van der Waals surface area contributed by atoms with Gasteiger partial charge in [0.25, 0.3) is 0 Å². The molecule has 1 amide bonds. The van der Waals surface area contributed by atoms with E-state index in [1.165, 1.54) is 4.90 Å². The molecule has 1 aromatic carbocycles. The molecular formula is C17H21F6N4O6P. The van der Waals surface area contributed by atoms with Gasteiger partial charge in [0.1, 0.15) is 17.3 Å². The number of halogens is 6. The maximum absolute atomic E-state index is 13.7. The molecule has 17 heteroatoms. The van der Waals surface area contributed by atoms with E-state index in [0.29, 0.717) is 12.1 Å². The fraction of sp³-hybridized carbons (Fsp3) is 0.412. The number of aromatic nitrogens is 2. The third-order valence-electron chi connectivity index (χ3n) is 4.52. The molecule has 3 rings (SSSR count). The van der Waals surface area contributed by atoms with Crippen molar-refractivity contribution in [1.82, 2.24) is 14.5 Å². The minimum atomic E-state index is -4.64. The Labute approximate surface area is 188 Å². The van der Waals surface area contributed by atoms with Crippen LogP contribution in [0.25, 0.3) is 0 Å². The number of hydrogen-bond donors (Lipinski definition) is 4. The van der Waals surface area contributed by atoms with Gasteiger partial charge in [0.2, 0.25) is 5.91 Å². The highest BCUT2D eigenvalue weighted by atomic mass is 31.2. The van der Waals surface area contributed by atoms with Gasteiger partial charge in [0, 0.05) is 31.6 Å². The average molecular weight is 522 g/mol. The van der Waals surface area contributed by atoms with Gasteiger partial charge < -0.3 is 35.4 Å². The van der Waals surface area contributed by atoms with Crippen molar-refractivity contribution in [2.45, 2.75) is 38.1 Å². The molecule has 192 valence electrons. The number of imidazole rings is 1. The Morgan fingerprint density at radius 1 is 1.12 bits per heavy atom. The van der Waals surface area contributed by atoms with Gasteiger partial charge in [0.05, 0.1) is 12.7 Å². The number of fused-ring (bicyclic) bond motifs is 1. The Kier molecular flexibility index (Phi) is 9.81. The standard InChI is InChI=1S/C17H16F6N4O.H3O4P.H2O/c18-11-6-13(20)12(19)4-9(11)3-10(24)5-16(28)26-1-2-27-14(17(21,22)23)7-25-15(27)8-26;1-5(2,3)4;/h4,6-7,10H,1-3,5,8,24H2;(H3,1,2,3,4);1H2/t10-;;/m1../s1. The fourth-order valence-corrected chi connectivity index (χ4v) is 3.13. The Bertz CT molecular complexity index is 1050. The molecule has 1 aromatic heterocycles. The second-order valence-electron chi connectivity index (χ2n) is 7.06. The average Bonchev–Trinajstić information content (AvgIpc) is 3.08. The van der Waals surface area contributed by atoms with Gasteiger partial charge in [-0.05, 0) is 18.1 Å². The molecule has 1 aliphatic heterocycles. The summed E-state index contributed by atoms with van der Waals surface area (Å²) in [6.45, 7) is -0.137. The van der Waals surface area contributed by atoms with Crippen LogP contribution >= 0.6 is 7.82 Å². The van der Waals surface area contributed by atoms with E-state index in [-0.39, 0.29) is 49.3 Å². The number of phosphoric acid groups is 1. The first-order valence-corrected chi connectivity index (χ1v) is 10.7.